The molecule has 0 aliphatic carbocycles. The van der Waals surface area contributed by atoms with E-state index in [1.54, 1.807) is 6.92 Å². The Morgan fingerprint density at radius 1 is 1.29 bits per heavy atom. The second-order valence-electron chi connectivity index (χ2n) is 4.36. The Bertz CT molecular complexity index is 329. The lowest BCUT2D eigenvalue weighted by atomic mass is 10.0. The van der Waals surface area contributed by atoms with Crippen molar-refractivity contribution in [2.45, 2.75) is 44.6 Å². The molecule has 1 fully saturated rings. The van der Waals surface area contributed by atoms with Crippen LogP contribution in [0.4, 0.5) is 0 Å². The zero-order chi connectivity index (χ0) is 12.3. The topological polar surface area (TPSA) is 58.9 Å². The maximum atomic E-state index is 9.61. The summed E-state index contributed by atoms with van der Waals surface area (Å²) < 4.78 is 11.0. The fourth-order valence-corrected chi connectivity index (χ4v) is 1.90. The summed E-state index contributed by atoms with van der Waals surface area (Å²) in [4.78, 5) is 0. The molecule has 1 heterocycles. The van der Waals surface area contributed by atoms with Crippen LogP contribution in [-0.4, -0.2) is 34.8 Å². The summed E-state index contributed by atoms with van der Waals surface area (Å²) >= 11 is 0. The van der Waals surface area contributed by atoms with E-state index in [2.05, 4.69) is 0 Å². The van der Waals surface area contributed by atoms with Crippen molar-refractivity contribution in [1.82, 2.24) is 0 Å². The Kier molecular flexibility index (Phi) is 4.12. The van der Waals surface area contributed by atoms with Gasteiger partial charge in [0.2, 0.25) is 0 Å². The molecule has 1 aliphatic heterocycles. The summed E-state index contributed by atoms with van der Waals surface area (Å²) in [5.41, 5.74) is 1.06. The number of aliphatic hydroxyl groups is 2. The highest BCUT2D eigenvalue weighted by Crippen LogP contribution is 2.21. The monoisotopic (exact) mass is 238 g/mol. The van der Waals surface area contributed by atoms with Gasteiger partial charge in [0.1, 0.15) is 6.10 Å². The first-order chi connectivity index (χ1) is 8.16. The third-order valence-corrected chi connectivity index (χ3v) is 2.95. The Hall–Kier alpha value is -0.940. The summed E-state index contributed by atoms with van der Waals surface area (Å²) in [5.74, 6) is 0. The maximum Gasteiger partial charge on any atom is 0.161 e. The van der Waals surface area contributed by atoms with Crippen molar-refractivity contribution in [3.8, 4) is 0 Å². The average molecular weight is 238 g/mol. The van der Waals surface area contributed by atoms with Crippen LogP contribution < -0.4 is 0 Å². The van der Waals surface area contributed by atoms with Crippen molar-refractivity contribution in [2.24, 2.45) is 0 Å². The first-order valence-electron chi connectivity index (χ1n) is 5.84. The van der Waals surface area contributed by atoms with Gasteiger partial charge in [-0.05, 0) is 12.5 Å². The molecule has 0 saturated carbocycles. The van der Waals surface area contributed by atoms with Crippen LogP contribution in [0.15, 0.2) is 30.3 Å². The molecule has 94 valence electrons. The van der Waals surface area contributed by atoms with Crippen molar-refractivity contribution in [3.05, 3.63) is 35.9 Å². The summed E-state index contributed by atoms with van der Waals surface area (Å²) in [6.45, 7) is 2.17. The molecule has 17 heavy (non-hydrogen) atoms. The molecule has 1 aliphatic rings. The van der Waals surface area contributed by atoms with Gasteiger partial charge < -0.3 is 19.7 Å². The van der Waals surface area contributed by atoms with Crippen LogP contribution in [0.5, 0.6) is 0 Å². The van der Waals surface area contributed by atoms with E-state index in [1.165, 1.54) is 0 Å². The molecule has 1 aromatic rings. The minimum absolute atomic E-state index is 0.304. The highest BCUT2D eigenvalue weighted by atomic mass is 16.7. The first-order valence-corrected chi connectivity index (χ1v) is 5.84. The fourth-order valence-electron chi connectivity index (χ4n) is 1.90. The Balaban J connectivity index is 1.84. The standard InChI is InChI=1S/C13H18O4/c1-9-13(15)11(14)7-12(17-9)16-8-10-5-3-2-4-6-10/h2-6,9,11-15H,7-8H2,1H3/t9-,11+,12+,13-/m1/s1. The normalized spacial score (nSPS) is 33.6. The van der Waals surface area contributed by atoms with Crippen LogP contribution >= 0.6 is 0 Å². The lowest BCUT2D eigenvalue weighted by molar-refractivity contribution is -0.249. The lowest BCUT2D eigenvalue weighted by Gasteiger charge is -2.35. The van der Waals surface area contributed by atoms with Crippen LogP contribution in [0.25, 0.3) is 0 Å². The molecule has 4 atom stereocenters. The molecule has 0 unspecified atom stereocenters. The smallest absolute Gasteiger partial charge is 0.161 e. The molecule has 0 spiro atoms. The minimum atomic E-state index is -0.827. The molecule has 0 radical (unpaired) electrons. The molecule has 4 nitrogen and oxygen atoms in total. The second-order valence-corrected chi connectivity index (χ2v) is 4.36. The molecule has 4 heteroatoms. The van der Waals surface area contributed by atoms with Gasteiger partial charge in [-0.15, -0.1) is 0 Å². The highest BCUT2D eigenvalue weighted by molar-refractivity contribution is 5.13. The zero-order valence-corrected chi connectivity index (χ0v) is 9.82. The van der Waals surface area contributed by atoms with Gasteiger partial charge in [0, 0.05) is 6.42 Å². The van der Waals surface area contributed by atoms with Gasteiger partial charge in [0.25, 0.3) is 0 Å². The maximum absolute atomic E-state index is 9.61. The van der Waals surface area contributed by atoms with Crippen LogP contribution in [0.1, 0.15) is 18.9 Å². The zero-order valence-electron chi connectivity index (χ0n) is 9.82. The molecule has 0 aromatic heterocycles. The van der Waals surface area contributed by atoms with E-state index in [0.717, 1.165) is 5.56 Å². The molecule has 0 amide bonds. The molecular weight excluding hydrogens is 220 g/mol. The van der Waals surface area contributed by atoms with Crippen molar-refractivity contribution in [3.63, 3.8) is 0 Å². The van der Waals surface area contributed by atoms with Crippen molar-refractivity contribution in [1.29, 1.82) is 0 Å². The third-order valence-electron chi connectivity index (χ3n) is 2.95. The first kappa shape index (κ1) is 12.5. The second kappa shape index (κ2) is 5.60. The predicted molar refractivity (Wildman–Crippen MR) is 62.2 cm³/mol. The Morgan fingerprint density at radius 3 is 2.65 bits per heavy atom. The van der Waals surface area contributed by atoms with Gasteiger partial charge in [0.15, 0.2) is 6.29 Å². The van der Waals surface area contributed by atoms with Crippen molar-refractivity contribution >= 4 is 0 Å². The van der Waals surface area contributed by atoms with Gasteiger partial charge in [-0.3, -0.25) is 0 Å². The molecular formula is C13H18O4. The van der Waals surface area contributed by atoms with Crippen molar-refractivity contribution < 1.29 is 19.7 Å². The Labute approximate surface area is 101 Å². The van der Waals surface area contributed by atoms with Gasteiger partial charge in [-0.25, -0.2) is 0 Å². The number of aliphatic hydroxyl groups excluding tert-OH is 2. The van der Waals surface area contributed by atoms with Gasteiger partial charge in [-0.1, -0.05) is 30.3 Å². The number of hydrogen-bond acceptors (Lipinski definition) is 4. The van der Waals surface area contributed by atoms with Crippen LogP contribution in [-0.2, 0) is 16.1 Å². The Morgan fingerprint density at radius 2 is 2.00 bits per heavy atom. The molecule has 1 aromatic carbocycles. The number of rotatable bonds is 3. The number of ether oxygens (including phenoxy) is 2. The number of benzene rings is 1. The largest absolute Gasteiger partial charge is 0.390 e. The third kappa shape index (κ3) is 3.26. The summed E-state index contributed by atoms with van der Waals surface area (Å²) in [6, 6.07) is 9.78. The predicted octanol–water partition coefficient (Wildman–Crippen LogP) is 1.06. The van der Waals surface area contributed by atoms with Gasteiger partial charge >= 0.3 is 0 Å². The fraction of sp³-hybridized carbons (Fsp3) is 0.538. The summed E-state index contributed by atoms with van der Waals surface area (Å²) in [7, 11) is 0. The minimum Gasteiger partial charge on any atom is -0.390 e. The molecule has 2 rings (SSSR count). The molecule has 1 saturated heterocycles. The lowest BCUT2D eigenvalue weighted by Crippen LogP contribution is -2.47. The van der Waals surface area contributed by atoms with E-state index in [-0.39, 0.29) is 0 Å². The quantitative estimate of drug-likeness (QED) is 0.826. The van der Waals surface area contributed by atoms with E-state index in [1.807, 2.05) is 30.3 Å². The molecule has 2 N–H and O–H groups in total. The summed E-state index contributed by atoms with van der Waals surface area (Å²) in [6.07, 6.45) is -2.16. The van der Waals surface area contributed by atoms with Gasteiger partial charge in [-0.2, -0.15) is 0 Å². The van der Waals surface area contributed by atoms with E-state index in [0.29, 0.717) is 13.0 Å². The highest BCUT2D eigenvalue weighted by Gasteiger charge is 2.34. The van der Waals surface area contributed by atoms with Crippen LogP contribution in [0, 0.1) is 0 Å². The average Bonchev–Trinajstić information content (AvgIpc) is 2.34. The molecule has 0 bridgehead atoms. The van der Waals surface area contributed by atoms with E-state index < -0.39 is 24.6 Å². The van der Waals surface area contributed by atoms with E-state index in [4.69, 9.17) is 9.47 Å². The van der Waals surface area contributed by atoms with E-state index in [9.17, 15) is 10.2 Å². The SMILES string of the molecule is C[C@H]1O[C@H](OCc2ccccc2)C[C@H](O)[C@@H]1O. The van der Waals surface area contributed by atoms with Crippen LogP contribution in [0.3, 0.4) is 0 Å². The van der Waals surface area contributed by atoms with E-state index >= 15 is 0 Å². The number of hydrogen-bond donors (Lipinski definition) is 2. The van der Waals surface area contributed by atoms with Crippen molar-refractivity contribution in [2.75, 3.05) is 0 Å². The van der Waals surface area contributed by atoms with Crippen LogP contribution in [0.2, 0.25) is 0 Å². The summed E-state index contributed by atoms with van der Waals surface area (Å²) in [5, 5.41) is 19.1. The van der Waals surface area contributed by atoms with Gasteiger partial charge in [0.05, 0.1) is 18.8 Å².